The lowest BCUT2D eigenvalue weighted by Crippen LogP contribution is -2.42. The number of benzene rings is 3. The number of urea groups is 2. The highest BCUT2D eigenvalue weighted by Crippen LogP contribution is 2.31. The molecule has 0 fully saturated rings. The summed E-state index contributed by atoms with van der Waals surface area (Å²) in [5, 5.41) is 8.09. The van der Waals surface area contributed by atoms with Crippen LogP contribution in [0.15, 0.2) is 66.7 Å². The van der Waals surface area contributed by atoms with Crippen molar-refractivity contribution in [3.8, 4) is 0 Å². The van der Waals surface area contributed by atoms with E-state index in [1.807, 2.05) is 0 Å². The molecule has 0 atom stereocenters. The summed E-state index contributed by atoms with van der Waals surface area (Å²) in [5.74, 6) is -0.538. The number of hydrogen-bond donors (Lipinski definition) is 3. The fourth-order valence-corrected chi connectivity index (χ4v) is 3.43. The Morgan fingerprint density at radius 2 is 1.63 bits per heavy atom. The summed E-state index contributed by atoms with van der Waals surface area (Å²) >= 11 is 11.8. The van der Waals surface area contributed by atoms with Crippen LogP contribution in [-0.2, 0) is 6.18 Å². The maximum absolute atomic E-state index is 13.4. The predicted molar refractivity (Wildman–Crippen MR) is 128 cm³/mol. The number of nitrogens with one attached hydrogen (secondary N) is 3. The highest BCUT2D eigenvalue weighted by Gasteiger charge is 2.30. The van der Waals surface area contributed by atoms with Crippen LogP contribution < -0.4 is 20.9 Å². The van der Waals surface area contributed by atoms with Crippen LogP contribution in [-0.4, -0.2) is 25.2 Å². The van der Waals surface area contributed by atoms with Gasteiger partial charge in [-0.05, 0) is 60.7 Å². The number of nitrogens with zero attached hydrogens (tertiary/aromatic N) is 1. The summed E-state index contributed by atoms with van der Waals surface area (Å²) in [6.45, 7) is -0.136. The molecule has 0 saturated heterocycles. The molecule has 0 radical (unpaired) electrons. The predicted octanol–water partition coefficient (Wildman–Crippen LogP) is 7.01. The third-order valence-corrected chi connectivity index (χ3v) is 5.17. The van der Waals surface area contributed by atoms with E-state index < -0.39 is 29.6 Å². The molecule has 3 aromatic rings. The molecule has 12 heteroatoms. The topological polar surface area (TPSA) is 73.5 Å². The van der Waals surface area contributed by atoms with E-state index in [9.17, 15) is 27.2 Å². The fourth-order valence-electron chi connectivity index (χ4n) is 2.97. The van der Waals surface area contributed by atoms with Gasteiger partial charge in [-0.1, -0.05) is 29.3 Å². The zero-order valence-electron chi connectivity index (χ0n) is 17.8. The first kappa shape index (κ1) is 26.1. The number of carbonyl (C=O) groups excluding carboxylic acids is 2. The second kappa shape index (κ2) is 11.3. The van der Waals surface area contributed by atoms with Crippen molar-refractivity contribution in [2.45, 2.75) is 6.18 Å². The normalized spacial score (nSPS) is 11.0. The lowest BCUT2D eigenvalue weighted by molar-refractivity contribution is -0.137. The number of amides is 4. The molecular formula is C23H18Cl2F4N4O2. The number of rotatable bonds is 6. The quantitative estimate of drug-likeness (QED) is 0.301. The summed E-state index contributed by atoms with van der Waals surface area (Å²) in [7, 11) is 0. The molecule has 3 rings (SSSR count). The van der Waals surface area contributed by atoms with Crippen molar-refractivity contribution in [1.82, 2.24) is 5.32 Å². The minimum absolute atomic E-state index is 0.0512. The van der Waals surface area contributed by atoms with Gasteiger partial charge in [0.1, 0.15) is 5.82 Å². The first-order valence-electron chi connectivity index (χ1n) is 10.0. The van der Waals surface area contributed by atoms with Gasteiger partial charge >= 0.3 is 18.2 Å². The van der Waals surface area contributed by atoms with Crippen molar-refractivity contribution in [1.29, 1.82) is 0 Å². The second-order valence-corrected chi connectivity index (χ2v) is 7.99. The highest BCUT2D eigenvalue weighted by atomic mass is 35.5. The van der Waals surface area contributed by atoms with Gasteiger partial charge in [-0.15, -0.1) is 0 Å². The molecule has 0 saturated carbocycles. The monoisotopic (exact) mass is 528 g/mol. The third kappa shape index (κ3) is 7.49. The summed E-state index contributed by atoms with van der Waals surface area (Å²) in [6, 6.07) is 12.2. The SMILES string of the molecule is O=C(NCCN(C(=O)Nc1cccc(C(F)(F)F)c1)c1ccc(F)cc1)Nc1ccc(Cl)cc1Cl. The number of carbonyl (C=O) groups is 2. The molecular weight excluding hydrogens is 511 g/mol. The van der Waals surface area contributed by atoms with Crippen LogP contribution in [0, 0.1) is 5.82 Å². The van der Waals surface area contributed by atoms with Gasteiger partial charge in [0.25, 0.3) is 0 Å². The van der Waals surface area contributed by atoms with Crippen molar-refractivity contribution < 1.29 is 27.2 Å². The lowest BCUT2D eigenvalue weighted by Gasteiger charge is -2.24. The van der Waals surface area contributed by atoms with E-state index >= 15 is 0 Å². The summed E-state index contributed by atoms with van der Waals surface area (Å²) in [6.07, 6.45) is -4.58. The van der Waals surface area contributed by atoms with Crippen molar-refractivity contribution in [2.24, 2.45) is 0 Å². The average Bonchev–Trinajstić information content (AvgIpc) is 2.79. The molecule has 0 aliphatic heterocycles. The smallest absolute Gasteiger partial charge is 0.336 e. The number of anilines is 3. The van der Waals surface area contributed by atoms with E-state index in [2.05, 4.69) is 16.0 Å². The fraction of sp³-hybridized carbons (Fsp3) is 0.130. The minimum Gasteiger partial charge on any atom is -0.336 e. The van der Waals surface area contributed by atoms with Gasteiger partial charge in [-0.25, -0.2) is 14.0 Å². The molecule has 6 nitrogen and oxygen atoms in total. The zero-order chi connectivity index (χ0) is 25.6. The lowest BCUT2D eigenvalue weighted by atomic mass is 10.2. The van der Waals surface area contributed by atoms with Gasteiger partial charge in [-0.2, -0.15) is 13.2 Å². The molecule has 0 spiro atoms. The van der Waals surface area contributed by atoms with Crippen molar-refractivity contribution in [3.63, 3.8) is 0 Å². The number of alkyl halides is 3. The molecule has 0 unspecified atom stereocenters. The maximum Gasteiger partial charge on any atom is 0.416 e. The number of halogens is 6. The Labute approximate surface area is 207 Å². The Hall–Kier alpha value is -3.50. The third-order valence-electron chi connectivity index (χ3n) is 4.62. The van der Waals surface area contributed by atoms with Gasteiger partial charge in [-0.3, -0.25) is 4.90 Å². The van der Waals surface area contributed by atoms with Gasteiger partial charge < -0.3 is 16.0 Å². The maximum atomic E-state index is 13.4. The van der Waals surface area contributed by atoms with Crippen molar-refractivity contribution >= 4 is 52.3 Å². The van der Waals surface area contributed by atoms with Crippen LogP contribution in [0.4, 0.5) is 44.2 Å². The Bertz CT molecular complexity index is 1210. The Morgan fingerprint density at radius 3 is 2.29 bits per heavy atom. The first-order valence-corrected chi connectivity index (χ1v) is 10.8. The van der Waals surface area contributed by atoms with E-state index in [0.29, 0.717) is 10.7 Å². The molecule has 0 aliphatic carbocycles. The average molecular weight is 529 g/mol. The molecule has 35 heavy (non-hydrogen) atoms. The van der Waals surface area contributed by atoms with E-state index in [1.165, 1.54) is 36.4 Å². The summed E-state index contributed by atoms with van der Waals surface area (Å²) < 4.78 is 52.3. The van der Waals surface area contributed by atoms with E-state index in [0.717, 1.165) is 35.2 Å². The van der Waals surface area contributed by atoms with E-state index in [-0.39, 0.29) is 29.5 Å². The van der Waals surface area contributed by atoms with Crippen LogP contribution in [0.25, 0.3) is 0 Å². The Balaban J connectivity index is 1.69. The molecule has 0 bridgehead atoms. The Kier molecular flexibility index (Phi) is 8.42. The summed E-state index contributed by atoms with van der Waals surface area (Å²) in [4.78, 5) is 26.2. The standard InChI is InChI=1S/C23H18Cl2F4N4O2/c24-15-4-9-20(19(25)13-15)32-21(34)30-10-11-33(18-7-5-16(26)6-8-18)22(35)31-17-3-1-2-14(12-17)23(27,28)29/h1-9,12-13H,10-11H2,(H,31,35)(H2,30,32,34). The largest absolute Gasteiger partial charge is 0.416 e. The van der Waals surface area contributed by atoms with E-state index in [4.69, 9.17) is 23.2 Å². The van der Waals surface area contributed by atoms with Gasteiger partial charge in [0.15, 0.2) is 0 Å². The summed E-state index contributed by atoms with van der Waals surface area (Å²) in [5.41, 5.74) is -0.437. The van der Waals surface area contributed by atoms with Crippen LogP contribution in [0.3, 0.4) is 0 Å². The van der Waals surface area contributed by atoms with Gasteiger partial charge in [0.2, 0.25) is 0 Å². The van der Waals surface area contributed by atoms with E-state index in [1.54, 1.807) is 0 Å². The van der Waals surface area contributed by atoms with Gasteiger partial charge in [0, 0.05) is 29.5 Å². The molecule has 4 amide bonds. The van der Waals surface area contributed by atoms with Crippen LogP contribution >= 0.6 is 23.2 Å². The molecule has 0 aromatic heterocycles. The number of hydrogen-bond acceptors (Lipinski definition) is 2. The molecule has 3 aromatic carbocycles. The molecule has 3 N–H and O–H groups in total. The van der Waals surface area contributed by atoms with Crippen molar-refractivity contribution in [3.05, 3.63) is 88.2 Å². The molecule has 0 heterocycles. The van der Waals surface area contributed by atoms with Crippen molar-refractivity contribution in [2.75, 3.05) is 28.6 Å². The van der Waals surface area contributed by atoms with Crippen LogP contribution in [0.2, 0.25) is 10.0 Å². The molecule has 184 valence electrons. The highest BCUT2D eigenvalue weighted by molar-refractivity contribution is 6.36. The first-order chi connectivity index (χ1) is 16.5. The second-order valence-electron chi connectivity index (χ2n) is 7.14. The zero-order valence-corrected chi connectivity index (χ0v) is 19.3. The van der Waals surface area contributed by atoms with Crippen LogP contribution in [0.1, 0.15) is 5.56 Å². The minimum atomic E-state index is -4.58. The Morgan fingerprint density at radius 1 is 0.914 bits per heavy atom. The molecule has 0 aliphatic rings. The van der Waals surface area contributed by atoms with Crippen LogP contribution in [0.5, 0.6) is 0 Å². The van der Waals surface area contributed by atoms with Gasteiger partial charge in [0.05, 0.1) is 16.3 Å².